The molecule has 4 nitrogen and oxygen atoms in total. The number of benzene rings is 1. The summed E-state index contributed by atoms with van der Waals surface area (Å²) in [5.74, 6) is 0. The van der Waals surface area contributed by atoms with Crippen LogP contribution in [0.15, 0.2) is 35.1 Å². The number of aromatic nitrogens is 2. The molecule has 108 valence electrons. The molecule has 0 unspecified atom stereocenters. The predicted molar refractivity (Wildman–Crippen MR) is 84.1 cm³/mol. The maximum absolute atomic E-state index is 11.8. The van der Waals surface area contributed by atoms with E-state index in [0.717, 1.165) is 11.4 Å². The Hall–Kier alpha value is -2.10. The van der Waals surface area contributed by atoms with Gasteiger partial charge < -0.3 is 5.32 Å². The van der Waals surface area contributed by atoms with Gasteiger partial charge in [0.05, 0.1) is 11.4 Å². The van der Waals surface area contributed by atoms with Gasteiger partial charge in [-0.2, -0.15) is 5.10 Å². The number of hydrogen-bond acceptors (Lipinski definition) is 3. The molecule has 1 heterocycles. The quantitative estimate of drug-likeness (QED) is 0.935. The van der Waals surface area contributed by atoms with Crippen molar-refractivity contribution in [2.75, 3.05) is 5.32 Å². The molecule has 0 saturated heterocycles. The van der Waals surface area contributed by atoms with Crippen LogP contribution < -0.4 is 10.9 Å². The van der Waals surface area contributed by atoms with Crippen molar-refractivity contribution in [3.05, 3.63) is 57.5 Å². The minimum Gasteiger partial charge on any atom is -0.379 e. The Balaban J connectivity index is 0.000000956. The molecule has 2 rings (SSSR count). The van der Waals surface area contributed by atoms with E-state index in [2.05, 4.69) is 10.4 Å². The van der Waals surface area contributed by atoms with Gasteiger partial charge in [0.25, 0.3) is 5.56 Å². The first-order valence-electron chi connectivity index (χ1n) is 6.92. The maximum atomic E-state index is 11.8. The minimum absolute atomic E-state index is 0.0591. The summed E-state index contributed by atoms with van der Waals surface area (Å²) < 4.78 is 1.37. The van der Waals surface area contributed by atoms with Crippen LogP contribution in [0.3, 0.4) is 0 Å². The summed E-state index contributed by atoms with van der Waals surface area (Å²) in [5, 5.41) is 7.48. The number of anilines is 1. The molecular formula is C16H23N3O. The fourth-order valence-corrected chi connectivity index (χ4v) is 1.99. The van der Waals surface area contributed by atoms with Crippen molar-refractivity contribution in [3.63, 3.8) is 0 Å². The summed E-state index contributed by atoms with van der Waals surface area (Å²) in [6.07, 6.45) is 0. The Bertz CT molecular complexity index is 603. The van der Waals surface area contributed by atoms with E-state index in [-0.39, 0.29) is 5.56 Å². The molecule has 0 spiro atoms. The van der Waals surface area contributed by atoms with Crippen LogP contribution in [0.4, 0.5) is 5.69 Å². The van der Waals surface area contributed by atoms with Gasteiger partial charge >= 0.3 is 0 Å². The summed E-state index contributed by atoms with van der Waals surface area (Å²) in [7, 11) is 1.67. The van der Waals surface area contributed by atoms with Crippen LogP contribution in [0.1, 0.15) is 30.7 Å². The molecule has 0 fully saturated rings. The molecule has 0 aliphatic heterocycles. The van der Waals surface area contributed by atoms with Crippen molar-refractivity contribution in [1.82, 2.24) is 9.78 Å². The van der Waals surface area contributed by atoms with E-state index in [9.17, 15) is 4.79 Å². The third-order valence-electron chi connectivity index (χ3n) is 2.96. The third kappa shape index (κ3) is 3.70. The maximum Gasteiger partial charge on any atom is 0.271 e. The topological polar surface area (TPSA) is 46.9 Å². The molecule has 2 aromatic rings. The number of aryl methyl sites for hydroxylation is 2. The SMILES string of the molecule is CC.Cc1nn(C)c(=O)c(C)c1NCc1ccccc1. The van der Waals surface area contributed by atoms with Crippen molar-refractivity contribution in [2.45, 2.75) is 34.2 Å². The lowest BCUT2D eigenvalue weighted by atomic mass is 10.2. The normalized spacial score (nSPS) is 9.65. The van der Waals surface area contributed by atoms with Crippen LogP contribution in [-0.4, -0.2) is 9.78 Å². The van der Waals surface area contributed by atoms with Crippen LogP contribution in [0, 0.1) is 13.8 Å². The first kappa shape index (κ1) is 16.0. The molecule has 0 saturated carbocycles. The fraction of sp³-hybridized carbons (Fsp3) is 0.375. The Morgan fingerprint density at radius 3 is 2.35 bits per heavy atom. The number of hydrogen-bond donors (Lipinski definition) is 1. The van der Waals surface area contributed by atoms with E-state index in [0.29, 0.717) is 12.1 Å². The Kier molecular flexibility index (Phi) is 5.97. The molecule has 20 heavy (non-hydrogen) atoms. The zero-order valence-electron chi connectivity index (χ0n) is 12.9. The van der Waals surface area contributed by atoms with Crippen molar-refractivity contribution >= 4 is 5.69 Å². The Morgan fingerprint density at radius 1 is 1.15 bits per heavy atom. The second-order valence-electron chi connectivity index (χ2n) is 4.35. The van der Waals surface area contributed by atoms with Crippen LogP contribution in [0.2, 0.25) is 0 Å². The third-order valence-corrected chi connectivity index (χ3v) is 2.96. The van der Waals surface area contributed by atoms with Crippen molar-refractivity contribution in [2.24, 2.45) is 7.05 Å². The molecule has 4 heteroatoms. The molecule has 0 amide bonds. The van der Waals surface area contributed by atoms with Gasteiger partial charge in [-0.3, -0.25) is 4.79 Å². The summed E-state index contributed by atoms with van der Waals surface area (Å²) in [6, 6.07) is 10.1. The zero-order valence-corrected chi connectivity index (χ0v) is 12.9. The Morgan fingerprint density at radius 2 is 1.75 bits per heavy atom. The summed E-state index contributed by atoms with van der Waals surface area (Å²) in [4.78, 5) is 11.8. The largest absolute Gasteiger partial charge is 0.379 e. The first-order chi connectivity index (χ1) is 9.59. The number of nitrogens with one attached hydrogen (secondary N) is 1. The average molecular weight is 273 g/mol. The number of rotatable bonds is 3. The fourth-order valence-electron chi connectivity index (χ4n) is 1.99. The highest BCUT2D eigenvalue weighted by molar-refractivity contribution is 5.53. The van der Waals surface area contributed by atoms with Crippen LogP contribution >= 0.6 is 0 Å². The monoisotopic (exact) mass is 273 g/mol. The first-order valence-corrected chi connectivity index (χ1v) is 6.92. The summed E-state index contributed by atoms with van der Waals surface area (Å²) in [6.45, 7) is 8.42. The molecule has 0 aliphatic rings. The van der Waals surface area contributed by atoms with Crippen LogP contribution in [0.5, 0.6) is 0 Å². The van der Waals surface area contributed by atoms with E-state index in [4.69, 9.17) is 0 Å². The molecule has 0 aliphatic carbocycles. The average Bonchev–Trinajstić information content (AvgIpc) is 2.48. The molecule has 1 N–H and O–H groups in total. The van der Waals surface area contributed by atoms with E-state index in [1.807, 2.05) is 58.0 Å². The minimum atomic E-state index is -0.0591. The lowest BCUT2D eigenvalue weighted by Gasteiger charge is -2.12. The van der Waals surface area contributed by atoms with Crippen molar-refractivity contribution in [3.8, 4) is 0 Å². The van der Waals surface area contributed by atoms with Crippen LogP contribution in [0.25, 0.3) is 0 Å². The van der Waals surface area contributed by atoms with E-state index in [1.54, 1.807) is 7.05 Å². The summed E-state index contributed by atoms with van der Waals surface area (Å²) >= 11 is 0. The van der Waals surface area contributed by atoms with Gasteiger partial charge in [0.1, 0.15) is 0 Å². The van der Waals surface area contributed by atoms with Gasteiger partial charge in [0.15, 0.2) is 0 Å². The van der Waals surface area contributed by atoms with E-state index >= 15 is 0 Å². The molecule has 0 bridgehead atoms. The van der Waals surface area contributed by atoms with Crippen LogP contribution in [-0.2, 0) is 13.6 Å². The summed E-state index contributed by atoms with van der Waals surface area (Å²) in [5.41, 5.74) is 3.50. The van der Waals surface area contributed by atoms with E-state index in [1.165, 1.54) is 10.2 Å². The Labute approximate surface area is 120 Å². The molecule has 1 aromatic carbocycles. The predicted octanol–water partition coefficient (Wildman–Crippen LogP) is 3.04. The smallest absolute Gasteiger partial charge is 0.271 e. The van der Waals surface area contributed by atoms with Gasteiger partial charge in [-0.15, -0.1) is 0 Å². The zero-order chi connectivity index (χ0) is 15.1. The lowest BCUT2D eigenvalue weighted by Crippen LogP contribution is -2.24. The highest BCUT2D eigenvalue weighted by atomic mass is 16.1. The van der Waals surface area contributed by atoms with Crippen molar-refractivity contribution < 1.29 is 0 Å². The molecule has 0 atom stereocenters. The highest BCUT2D eigenvalue weighted by Crippen LogP contribution is 2.15. The van der Waals surface area contributed by atoms with Gasteiger partial charge in [0.2, 0.25) is 0 Å². The van der Waals surface area contributed by atoms with Crippen molar-refractivity contribution in [1.29, 1.82) is 0 Å². The van der Waals surface area contributed by atoms with Gasteiger partial charge in [-0.1, -0.05) is 44.2 Å². The second kappa shape index (κ2) is 7.48. The second-order valence-corrected chi connectivity index (χ2v) is 4.35. The number of nitrogens with zero attached hydrogens (tertiary/aromatic N) is 2. The van der Waals surface area contributed by atoms with Gasteiger partial charge in [0, 0.05) is 19.2 Å². The van der Waals surface area contributed by atoms with Gasteiger partial charge in [-0.05, 0) is 19.4 Å². The molecule has 1 aromatic heterocycles. The molecule has 0 radical (unpaired) electrons. The highest BCUT2D eigenvalue weighted by Gasteiger charge is 2.09. The molecular weight excluding hydrogens is 250 g/mol. The standard InChI is InChI=1S/C14H17N3O.C2H6/c1-10-13(11(2)16-17(3)14(10)18)15-9-12-7-5-4-6-8-12;1-2/h4-8,15H,9H2,1-3H3;1-2H3. The van der Waals surface area contributed by atoms with Gasteiger partial charge in [-0.25, -0.2) is 4.68 Å². The lowest BCUT2D eigenvalue weighted by molar-refractivity contribution is 0.686. The van der Waals surface area contributed by atoms with E-state index < -0.39 is 0 Å².